The lowest BCUT2D eigenvalue weighted by Crippen LogP contribution is -2.39. The van der Waals surface area contributed by atoms with E-state index in [0.717, 1.165) is 56.3 Å². The average molecular weight is 306 g/mol. The Kier molecular flexibility index (Phi) is 4.18. The van der Waals surface area contributed by atoms with Crippen LogP contribution in [-0.2, 0) is 17.6 Å². The van der Waals surface area contributed by atoms with Crippen LogP contribution in [0.4, 0.5) is 0 Å². The molecule has 3 rings (SSSR count). The fraction of sp³-hybridized carbons (Fsp3) is 0.688. The minimum absolute atomic E-state index is 0.160. The standard InChI is InChI=1S/C16H22N2O4/c1-10(16(20)21)9-18(11-7-8-11)15(19)14-12-5-3-2-4-6-13(12)22-17-14/h10-11H,2-9H2,1H3,(H,20,21). The average Bonchev–Trinajstić information content (AvgIpc) is 3.29. The number of carbonyl (C=O) groups is 2. The predicted molar refractivity (Wildman–Crippen MR) is 78.6 cm³/mol. The van der Waals surface area contributed by atoms with Gasteiger partial charge in [-0.2, -0.15) is 0 Å². The Balaban J connectivity index is 1.81. The third kappa shape index (κ3) is 3.00. The topological polar surface area (TPSA) is 83.6 Å². The van der Waals surface area contributed by atoms with Crippen molar-refractivity contribution in [1.82, 2.24) is 10.1 Å². The maximum atomic E-state index is 12.8. The minimum Gasteiger partial charge on any atom is -0.481 e. The molecule has 6 nitrogen and oxygen atoms in total. The largest absolute Gasteiger partial charge is 0.481 e. The number of nitrogens with zero attached hydrogens (tertiary/aromatic N) is 2. The molecule has 1 amide bonds. The van der Waals surface area contributed by atoms with E-state index in [1.54, 1.807) is 11.8 Å². The third-order valence-electron chi connectivity index (χ3n) is 4.54. The fourth-order valence-electron chi connectivity index (χ4n) is 3.02. The highest BCUT2D eigenvalue weighted by atomic mass is 16.5. The number of aliphatic carboxylic acids is 1. The van der Waals surface area contributed by atoms with Crippen molar-refractivity contribution in [3.63, 3.8) is 0 Å². The molecule has 0 radical (unpaired) electrons. The summed E-state index contributed by atoms with van der Waals surface area (Å²) in [6.45, 7) is 1.87. The van der Waals surface area contributed by atoms with Crippen LogP contribution in [0.5, 0.6) is 0 Å². The van der Waals surface area contributed by atoms with E-state index < -0.39 is 11.9 Å². The molecule has 1 saturated carbocycles. The van der Waals surface area contributed by atoms with Gasteiger partial charge in [0.15, 0.2) is 5.69 Å². The van der Waals surface area contributed by atoms with Crippen LogP contribution < -0.4 is 0 Å². The number of rotatable bonds is 5. The van der Waals surface area contributed by atoms with Crippen molar-refractivity contribution >= 4 is 11.9 Å². The molecule has 1 heterocycles. The molecule has 1 fully saturated rings. The van der Waals surface area contributed by atoms with E-state index in [9.17, 15) is 9.59 Å². The second-order valence-corrected chi connectivity index (χ2v) is 6.42. The van der Waals surface area contributed by atoms with Crippen molar-refractivity contribution < 1.29 is 19.2 Å². The summed E-state index contributed by atoms with van der Waals surface area (Å²) in [4.78, 5) is 25.6. The van der Waals surface area contributed by atoms with Crippen LogP contribution in [0.1, 0.15) is 60.8 Å². The monoisotopic (exact) mass is 306 g/mol. The smallest absolute Gasteiger partial charge is 0.308 e. The van der Waals surface area contributed by atoms with Gasteiger partial charge in [-0.25, -0.2) is 0 Å². The molecule has 0 aromatic carbocycles. The van der Waals surface area contributed by atoms with E-state index in [2.05, 4.69) is 5.16 Å². The zero-order valence-electron chi connectivity index (χ0n) is 12.9. The molecule has 0 aliphatic heterocycles. The molecule has 120 valence electrons. The Hall–Kier alpha value is -1.85. The van der Waals surface area contributed by atoms with E-state index in [4.69, 9.17) is 9.63 Å². The van der Waals surface area contributed by atoms with E-state index in [0.29, 0.717) is 5.69 Å². The highest BCUT2D eigenvalue weighted by Crippen LogP contribution is 2.31. The lowest BCUT2D eigenvalue weighted by molar-refractivity contribution is -0.141. The number of hydrogen-bond donors (Lipinski definition) is 1. The van der Waals surface area contributed by atoms with Gasteiger partial charge in [-0.05, 0) is 32.1 Å². The SMILES string of the molecule is CC(CN(C(=O)c1noc2c1CCCCC2)C1CC1)C(=O)O. The highest BCUT2D eigenvalue weighted by molar-refractivity contribution is 5.94. The summed E-state index contributed by atoms with van der Waals surface area (Å²) in [5.74, 6) is -0.780. The Bertz CT molecular complexity index is 577. The fourth-order valence-corrected chi connectivity index (χ4v) is 3.02. The Morgan fingerprint density at radius 2 is 2.05 bits per heavy atom. The van der Waals surface area contributed by atoms with Gasteiger partial charge in [0.25, 0.3) is 5.91 Å². The molecule has 2 aliphatic carbocycles. The molecule has 6 heteroatoms. The summed E-state index contributed by atoms with van der Waals surface area (Å²) in [5.41, 5.74) is 1.34. The summed E-state index contributed by atoms with van der Waals surface area (Å²) in [7, 11) is 0. The van der Waals surface area contributed by atoms with Gasteiger partial charge in [0.1, 0.15) is 5.76 Å². The van der Waals surface area contributed by atoms with Crippen LogP contribution in [0, 0.1) is 5.92 Å². The molecule has 22 heavy (non-hydrogen) atoms. The summed E-state index contributed by atoms with van der Waals surface area (Å²) in [6.07, 6.45) is 6.80. The zero-order chi connectivity index (χ0) is 15.7. The maximum absolute atomic E-state index is 12.8. The van der Waals surface area contributed by atoms with Gasteiger partial charge in [-0.1, -0.05) is 18.5 Å². The van der Waals surface area contributed by atoms with E-state index in [1.165, 1.54) is 0 Å². The number of hydrogen-bond acceptors (Lipinski definition) is 4. The van der Waals surface area contributed by atoms with Gasteiger partial charge in [0, 0.05) is 24.6 Å². The summed E-state index contributed by atoms with van der Waals surface area (Å²) in [5, 5.41) is 13.1. The molecule has 0 saturated heterocycles. The first-order chi connectivity index (χ1) is 10.6. The van der Waals surface area contributed by atoms with E-state index >= 15 is 0 Å². The van der Waals surface area contributed by atoms with Crippen molar-refractivity contribution in [3.05, 3.63) is 17.0 Å². The van der Waals surface area contributed by atoms with Crippen molar-refractivity contribution in [2.45, 2.75) is 57.9 Å². The lowest BCUT2D eigenvalue weighted by atomic mass is 10.1. The first-order valence-corrected chi connectivity index (χ1v) is 8.09. The second kappa shape index (κ2) is 6.10. The maximum Gasteiger partial charge on any atom is 0.308 e. The van der Waals surface area contributed by atoms with Gasteiger partial charge in [0.2, 0.25) is 0 Å². The first-order valence-electron chi connectivity index (χ1n) is 8.09. The van der Waals surface area contributed by atoms with Crippen molar-refractivity contribution in [3.8, 4) is 0 Å². The molecule has 2 aliphatic rings. The van der Waals surface area contributed by atoms with Crippen molar-refractivity contribution in [1.29, 1.82) is 0 Å². The zero-order valence-corrected chi connectivity index (χ0v) is 12.9. The molecule has 1 aromatic heterocycles. The van der Waals surface area contributed by atoms with Crippen molar-refractivity contribution in [2.75, 3.05) is 6.54 Å². The van der Waals surface area contributed by atoms with Crippen LogP contribution in [0.15, 0.2) is 4.52 Å². The van der Waals surface area contributed by atoms with E-state index in [1.807, 2.05) is 0 Å². The van der Waals surface area contributed by atoms with E-state index in [-0.39, 0.29) is 18.5 Å². The number of carboxylic acid groups (broad SMARTS) is 1. The molecule has 1 aromatic rings. The van der Waals surface area contributed by atoms with Crippen LogP contribution in [0.3, 0.4) is 0 Å². The Labute approximate surface area is 129 Å². The number of carboxylic acids is 1. The van der Waals surface area contributed by atoms with Gasteiger partial charge >= 0.3 is 5.97 Å². The summed E-state index contributed by atoms with van der Waals surface area (Å²) < 4.78 is 5.38. The molecular formula is C16H22N2O4. The van der Waals surface area contributed by atoms with Gasteiger partial charge in [-0.15, -0.1) is 0 Å². The summed E-state index contributed by atoms with van der Waals surface area (Å²) >= 11 is 0. The van der Waals surface area contributed by atoms with Gasteiger partial charge in [-0.3, -0.25) is 9.59 Å². The van der Waals surface area contributed by atoms with Crippen LogP contribution in [-0.4, -0.2) is 39.6 Å². The van der Waals surface area contributed by atoms with Crippen molar-refractivity contribution in [2.24, 2.45) is 5.92 Å². The molecule has 1 unspecified atom stereocenters. The quantitative estimate of drug-likeness (QED) is 0.844. The predicted octanol–water partition coefficient (Wildman–Crippen LogP) is 2.27. The minimum atomic E-state index is -0.877. The molecular weight excluding hydrogens is 284 g/mol. The number of aromatic nitrogens is 1. The number of amides is 1. The lowest BCUT2D eigenvalue weighted by Gasteiger charge is -2.23. The molecule has 0 spiro atoms. The normalized spacial score (nSPS) is 19.1. The summed E-state index contributed by atoms with van der Waals surface area (Å²) in [6, 6.07) is 0.160. The third-order valence-corrected chi connectivity index (χ3v) is 4.54. The Morgan fingerprint density at radius 1 is 1.32 bits per heavy atom. The first kappa shape index (κ1) is 15.1. The van der Waals surface area contributed by atoms with Gasteiger partial charge < -0.3 is 14.5 Å². The molecule has 0 bridgehead atoms. The number of fused-ring (bicyclic) bond motifs is 1. The van der Waals surface area contributed by atoms with Gasteiger partial charge in [0.05, 0.1) is 5.92 Å². The number of aryl methyl sites for hydroxylation is 1. The van der Waals surface area contributed by atoms with Crippen LogP contribution in [0.2, 0.25) is 0 Å². The van der Waals surface area contributed by atoms with Crippen LogP contribution in [0.25, 0.3) is 0 Å². The molecule has 1 N–H and O–H groups in total. The number of carbonyl (C=O) groups excluding carboxylic acids is 1. The molecule has 1 atom stereocenters. The highest BCUT2D eigenvalue weighted by Gasteiger charge is 2.37. The van der Waals surface area contributed by atoms with Crippen LogP contribution >= 0.6 is 0 Å². The Morgan fingerprint density at radius 3 is 2.73 bits per heavy atom. The second-order valence-electron chi connectivity index (χ2n) is 6.42.